The molecule has 4 nitrogen and oxygen atoms in total. The van der Waals surface area contributed by atoms with Gasteiger partial charge in [-0.1, -0.05) is 29.8 Å². The number of aromatic carboxylic acids is 1. The van der Waals surface area contributed by atoms with Crippen molar-refractivity contribution in [2.24, 2.45) is 0 Å². The van der Waals surface area contributed by atoms with E-state index in [0.717, 1.165) is 10.6 Å². The zero-order valence-corrected chi connectivity index (χ0v) is 11.7. The van der Waals surface area contributed by atoms with Crippen LogP contribution in [-0.4, -0.2) is 23.2 Å². The number of carboxylic acid groups (broad SMARTS) is 1. The van der Waals surface area contributed by atoms with Crippen molar-refractivity contribution >= 4 is 17.3 Å². The fourth-order valence-corrected chi connectivity index (χ4v) is 2.81. The average molecular weight is 277 g/mol. The molecule has 19 heavy (non-hydrogen) atoms. The number of nitrogens with zero attached hydrogens (tertiary/aromatic N) is 1. The SMILES string of the molecule is COCc1nc(Cc2cccc(C)c2)sc1C(=O)O. The summed E-state index contributed by atoms with van der Waals surface area (Å²) >= 11 is 1.22. The van der Waals surface area contributed by atoms with Gasteiger partial charge >= 0.3 is 5.97 Å². The van der Waals surface area contributed by atoms with Crippen LogP contribution in [0.4, 0.5) is 0 Å². The molecule has 0 aliphatic heterocycles. The van der Waals surface area contributed by atoms with Crippen molar-refractivity contribution < 1.29 is 14.6 Å². The molecule has 0 radical (unpaired) electrons. The smallest absolute Gasteiger partial charge is 0.347 e. The molecular weight excluding hydrogens is 262 g/mol. The Morgan fingerprint density at radius 2 is 2.26 bits per heavy atom. The van der Waals surface area contributed by atoms with Crippen LogP contribution in [-0.2, 0) is 17.8 Å². The van der Waals surface area contributed by atoms with Gasteiger partial charge in [-0.2, -0.15) is 0 Å². The summed E-state index contributed by atoms with van der Waals surface area (Å²) in [5.41, 5.74) is 2.82. The number of benzene rings is 1. The summed E-state index contributed by atoms with van der Waals surface area (Å²) in [7, 11) is 1.53. The fraction of sp³-hybridized carbons (Fsp3) is 0.286. The summed E-state index contributed by atoms with van der Waals surface area (Å²) in [6.45, 7) is 2.26. The first-order chi connectivity index (χ1) is 9.10. The van der Waals surface area contributed by atoms with E-state index in [0.29, 0.717) is 12.1 Å². The molecule has 0 aliphatic carbocycles. The molecule has 0 spiro atoms. The van der Waals surface area contributed by atoms with Gasteiger partial charge in [-0.15, -0.1) is 11.3 Å². The number of methoxy groups -OCH3 is 1. The first-order valence-corrected chi connectivity index (χ1v) is 6.68. The van der Waals surface area contributed by atoms with Gasteiger partial charge in [-0.3, -0.25) is 0 Å². The zero-order valence-electron chi connectivity index (χ0n) is 10.8. The number of hydrogen-bond donors (Lipinski definition) is 1. The Bertz CT molecular complexity index is 592. The summed E-state index contributed by atoms with van der Waals surface area (Å²) in [5, 5.41) is 9.93. The summed E-state index contributed by atoms with van der Waals surface area (Å²) in [6.07, 6.45) is 0.649. The highest BCUT2D eigenvalue weighted by molar-refractivity contribution is 7.13. The summed E-state index contributed by atoms with van der Waals surface area (Å²) < 4.78 is 4.98. The highest BCUT2D eigenvalue weighted by atomic mass is 32.1. The first kappa shape index (κ1) is 13.7. The molecule has 2 rings (SSSR count). The molecule has 0 aliphatic rings. The molecule has 100 valence electrons. The maximum atomic E-state index is 11.1. The van der Waals surface area contributed by atoms with Crippen LogP contribution >= 0.6 is 11.3 Å². The Morgan fingerprint density at radius 1 is 1.47 bits per heavy atom. The lowest BCUT2D eigenvalue weighted by Gasteiger charge is -1.99. The molecule has 2 aromatic rings. The molecule has 1 aromatic heterocycles. The molecule has 0 atom stereocenters. The zero-order chi connectivity index (χ0) is 13.8. The Balaban J connectivity index is 2.25. The quantitative estimate of drug-likeness (QED) is 0.913. The van der Waals surface area contributed by atoms with E-state index >= 15 is 0 Å². The van der Waals surface area contributed by atoms with E-state index in [1.54, 1.807) is 0 Å². The lowest BCUT2D eigenvalue weighted by Crippen LogP contribution is -1.99. The van der Waals surface area contributed by atoms with Gasteiger partial charge in [-0.25, -0.2) is 9.78 Å². The van der Waals surface area contributed by atoms with Crippen molar-refractivity contribution in [3.63, 3.8) is 0 Å². The van der Waals surface area contributed by atoms with E-state index in [2.05, 4.69) is 11.1 Å². The van der Waals surface area contributed by atoms with Crippen molar-refractivity contribution in [2.45, 2.75) is 20.0 Å². The molecule has 1 N–H and O–H groups in total. The molecule has 0 fully saturated rings. The lowest BCUT2D eigenvalue weighted by atomic mass is 10.1. The third kappa shape index (κ3) is 3.39. The standard InChI is InChI=1S/C14H15NO3S/c1-9-4-3-5-10(6-9)7-12-15-11(8-18-2)13(19-12)14(16)17/h3-6H,7-8H2,1-2H3,(H,16,17). The minimum atomic E-state index is -0.944. The predicted octanol–water partition coefficient (Wildman–Crippen LogP) is 2.89. The third-order valence-electron chi connectivity index (χ3n) is 2.65. The molecule has 0 unspecified atom stereocenters. The van der Waals surface area contributed by atoms with Gasteiger partial charge in [-0.05, 0) is 12.5 Å². The van der Waals surface area contributed by atoms with Crippen molar-refractivity contribution in [1.29, 1.82) is 0 Å². The molecule has 1 aromatic carbocycles. The first-order valence-electron chi connectivity index (χ1n) is 5.86. The van der Waals surface area contributed by atoms with Crippen LogP contribution in [0.1, 0.15) is 31.5 Å². The monoisotopic (exact) mass is 277 g/mol. The van der Waals surface area contributed by atoms with Crippen LogP contribution in [0.5, 0.6) is 0 Å². The fourth-order valence-electron chi connectivity index (χ4n) is 1.87. The van der Waals surface area contributed by atoms with Gasteiger partial charge in [0, 0.05) is 13.5 Å². The number of carboxylic acids is 1. The number of carbonyl (C=O) groups is 1. The van der Waals surface area contributed by atoms with Crippen LogP contribution in [0.15, 0.2) is 24.3 Å². The normalized spacial score (nSPS) is 10.6. The largest absolute Gasteiger partial charge is 0.477 e. The Morgan fingerprint density at radius 3 is 2.89 bits per heavy atom. The predicted molar refractivity (Wildman–Crippen MR) is 73.8 cm³/mol. The molecule has 0 saturated heterocycles. The van der Waals surface area contributed by atoms with Gasteiger partial charge in [0.1, 0.15) is 4.88 Å². The van der Waals surface area contributed by atoms with Crippen molar-refractivity contribution in [1.82, 2.24) is 4.98 Å². The molecule has 0 bridgehead atoms. The molecular formula is C14H15NO3S. The third-order valence-corrected chi connectivity index (χ3v) is 3.74. The van der Waals surface area contributed by atoms with Gasteiger partial charge in [0.15, 0.2) is 0 Å². The van der Waals surface area contributed by atoms with E-state index in [1.807, 2.05) is 25.1 Å². The van der Waals surface area contributed by atoms with Gasteiger partial charge < -0.3 is 9.84 Å². The van der Waals surface area contributed by atoms with Crippen LogP contribution in [0.25, 0.3) is 0 Å². The van der Waals surface area contributed by atoms with E-state index in [9.17, 15) is 4.79 Å². The highest BCUT2D eigenvalue weighted by Crippen LogP contribution is 2.22. The molecule has 0 amide bonds. The van der Waals surface area contributed by atoms with E-state index in [1.165, 1.54) is 24.0 Å². The molecule has 5 heteroatoms. The maximum absolute atomic E-state index is 11.1. The topological polar surface area (TPSA) is 59.4 Å². The lowest BCUT2D eigenvalue weighted by molar-refractivity contribution is 0.0697. The molecule has 1 heterocycles. The number of hydrogen-bond acceptors (Lipinski definition) is 4. The summed E-state index contributed by atoms with van der Waals surface area (Å²) in [5.74, 6) is -0.944. The van der Waals surface area contributed by atoms with Gasteiger partial charge in [0.05, 0.1) is 17.3 Å². The van der Waals surface area contributed by atoms with E-state index in [4.69, 9.17) is 9.84 Å². The Hall–Kier alpha value is -1.72. The number of thiazole rings is 1. The van der Waals surface area contributed by atoms with Crippen LogP contribution in [0.2, 0.25) is 0 Å². The van der Waals surface area contributed by atoms with Gasteiger partial charge in [0.2, 0.25) is 0 Å². The second-order valence-electron chi connectivity index (χ2n) is 4.29. The van der Waals surface area contributed by atoms with Gasteiger partial charge in [0.25, 0.3) is 0 Å². The number of aromatic nitrogens is 1. The van der Waals surface area contributed by atoms with Crippen LogP contribution < -0.4 is 0 Å². The van der Waals surface area contributed by atoms with Crippen molar-refractivity contribution in [3.8, 4) is 0 Å². The Kier molecular flexibility index (Phi) is 4.29. The number of aryl methyl sites for hydroxylation is 1. The minimum absolute atomic E-state index is 0.228. The average Bonchev–Trinajstić information content (AvgIpc) is 2.73. The van der Waals surface area contributed by atoms with Crippen LogP contribution in [0, 0.1) is 6.92 Å². The van der Waals surface area contributed by atoms with Crippen LogP contribution in [0.3, 0.4) is 0 Å². The minimum Gasteiger partial charge on any atom is -0.477 e. The van der Waals surface area contributed by atoms with Crippen molar-refractivity contribution in [2.75, 3.05) is 7.11 Å². The Labute approximate surface area is 115 Å². The molecule has 0 saturated carbocycles. The maximum Gasteiger partial charge on any atom is 0.347 e. The second kappa shape index (κ2) is 5.95. The summed E-state index contributed by atoms with van der Waals surface area (Å²) in [4.78, 5) is 15.8. The second-order valence-corrected chi connectivity index (χ2v) is 5.37. The summed E-state index contributed by atoms with van der Waals surface area (Å²) in [6, 6.07) is 8.12. The number of rotatable bonds is 5. The highest BCUT2D eigenvalue weighted by Gasteiger charge is 2.17. The van der Waals surface area contributed by atoms with E-state index < -0.39 is 5.97 Å². The van der Waals surface area contributed by atoms with E-state index in [-0.39, 0.29) is 11.5 Å². The number of ether oxygens (including phenoxy) is 1. The van der Waals surface area contributed by atoms with Crippen molar-refractivity contribution in [3.05, 3.63) is 51.0 Å².